The zero-order valence-electron chi connectivity index (χ0n) is 7.85. The van der Waals surface area contributed by atoms with Gasteiger partial charge in [-0.2, -0.15) is 0 Å². The molecule has 0 aliphatic rings. The van der Waals surface area contributed by atoms with Crippen molar-refractivity contribution in [2.75, 3.05) is 0 Å². The van der Waals surface area contributed by atoms with Gasteiger partial charge in [0.1, 0.15) is 5.82 Å². The third-order valence-corrected chi connectivity index (χ3v) is 1.59. The molecule has 0 unspecified atom stereocenters. The van der Waals surface area contributed by atoms with Crippen molar-refractivity contribution in [1.29, 1.82) is 0 Å². The predicted molar refractivity (Wildman–Crippen MR) is 45.4 cm³/mol. The fourth-order valence-corrected chi connectivity index (χ4v) is 0.814. The lowest BCUT2D eigenvalue weighted by Crippen LogP contribution is -2.16. The second-order valence-corrected chi connectivity index (χ2v) is 3.88. The molecule has 0 spiro atoms. The maximum atomic E-state index is 12.8. The second kappa shape index (κ2) is 2.81. The summed E-state index contributed by atoms with van der Waals surface area (Å²) in [7, 11) is 0. The quantitative estimate of drug-likeness (QED) is 0.593. The van der Waals surface area contributed by atoms with E-state index in [-0.39, 0.29) is 11.2 Å². The average molecular weight is 168 g/mol. The number of rotatable bonds is 0. The summed E-state index contributed by atoms with van der Waals surface area (Å²) < 4.78 is 12.8. The van der Waals surface area contributed by atoms with Crippen LogP contribution in [0.5, 0.6) is 0 Å². The highest BCUT2D eigenvalue weighted by Crippen LogP contribution is 2.18. The van der Waals surface area contributed by atoms with Gasteiger partial charge in [0.05, 0.1) is 11.9 Å². The largest absolute Gasteiger partial charge is 0.238 e. The van der Waals surface area contributed by atoms with Crippen molar-refractivity contribution < 1.29 is 4.39 Å². The SMILES string of the molecule is Cc1nc(C(C)(C)C)ncc1F. The van der Waals surface area contributed by atoms with Crippen LogP contribution in [0.15, 0.2) is 6.20 Å². The standard InChI is InChI=1S/C9H13FN2/c1-6-7(10)5-11-8(12-6)9(2,3)4/h5H,1-4H3. The van der Waals surface area contributed by atoms with Gasteiger partial charge in [-0.1, -0.05) is 20.8 Å². The molecule has 1 rings (SSSR count). The lowest BCUT2D eigenvalue weighted by Gasteiger charge is -2.16. The van der Waals surface area contributed by atoms with Crippen LogP contribution in [0.1, 0.15) is 32.3 Å². The maximum Gasteiger partial charge on any atom is 0.162 e. The molecular formula is C9H13FN2. The van der Waals surface area contributed by atoms with Gasteiger partial charge in [-0.25, -0.2) is 14.4 Å². The monoisotopic (exact) mass is 168 g/mol. The number of hydrogen-bond acceptors (Lipinski definition) is 2. The van der Waals surface area contributed by atoms with Crippen LogP contribution in [0.2, 0.25) is 0 Å². The van der Waals surface area contributed by atoms with E-state index in [1.54, 1.807) is 6.92 Å². The van der Waals surface area contributed by atoms with Crippen molar-refractivity contribution >= 4 is 0 Å². The third kappa shape index (κ3) is 1.78. The van der Waals surface area contributed by atoms with Crippen LogP contribution >= 0.6 is 0 Å². The van der Waals surface area contributed by atoms with Crippen molar-refractivity contribution in [3.8, 4) is 0 Å². The normalized spacial score (nSPS) is 11.8. The van der Waals surface area contributed by atoms with Gasteiger partial charge in [0.25, 0.3) is 0 Å². The molecule has 0 aliphatic heterocycles. The number of aryl methyl sites for hydroxylation is 1. The molecule has 0 fully saturated rings. The molecule has 0 N–H and O–H groups in total. The summed E-state index contributed by atoms with van der Waals surface area (Å²) in [5.41, 5.74) is 0.299. The summed E-state index contributed by atoms with van der Waals surface area (Å²) >= 11 is 0. The van der Waals surface area contributed by atoms with Crippen LogP contribution < -0.4 is 0 Å². The summed E-state index contributed by atoms with van der Waals surface area (Å²) in [4.78, 5) is 7.98. The van der Waals surface area contributed by atoms with Crippen molar-refractivity contribution in [2.45, 2.75) is 33.1 Å². The molecule has 0 radical (unpaired) electrons. The Hall–Kier alpha value is -0.990. The first-order chi connectivity index (χ1) is 5.41. The van der Waals surface area contributed by atoms with Gasteiger partial charge in [0.15, 0.2) is 5.82 Å². The van der Waals surface area contributed by atoms with E-state index in [1.807, 2.05) is 20.8 Å². The Kier molecular flexibility index (Phi) is 2.13. The van der Waals surface area contributed by atoms with Gasteiger partial charge < -0.3 is 0 Å². The van der Waals surface area contributed by atoms with Crippen LogP contribution in [0, 0.1) is 12.7 Å². The predicted octanol–water partition coefficient (Wildman–Crippen LogP) is 2.22. The van der Waals surface area contributed by atoms with E-state index in [2.05, 4.69) is 9.97 Å². The lowest BCUT2D eigenvalue weighted by molar-refractivity contribution is 0.524. The molecule has 66 valence electrons. The van der Waals surface area contributed by atoms with Crippen molar-refractivity contribution in [3.63, 3.8) is 0 Å². The summed E-state index contributed by atoms with van der Waals surface area (Å²) in [5.74, 6) is 0.337. The molecule has 0 aliphatic carbocycles. The summed E-state index contributed by atoms with van der Waals surface area (Å²) in [6.07, 6.45) is 1.23. The van der Waals surface area contributed by atoms with Crippen molar-refractivity contribution in [1.82, 2.24) is 9.97 Å². The number of nitrogens with zero attached hydrogens (tertiary/aromatic N) is 2. The Morgan fingerprint density at radius 3 is 2.33 bits per heavy atom. The zero-order chi connectivity index (χ0) is 9.35. The van der Waals surface area contributed by atoms with Crippen LogP contribution in [0.3, 0.4) is 0 Å². The molecule has 1 aromatic heterocycles. The first-order valence-corrected chi connectivity index (χ1v) is 3.91. The van der Waals surface area contributed by atoms with Gasteiger partial charge in [0.2, 0.25) is 0 Å². The molecular weight excluding hydrogens is 155 g/mol. The van der Waals surface area contributed by atoms with Crippen molar-refractivity contribution in [2.24, 2.45) is 0 Å². The number of aromatic nitrogens is 2. The van der Waals surface area contributed by atoms with Gasteiger partial charge in [-0.05, 0) is 6.92 Å². The molecule has 1 aromatic rings. The molecule has 0 amide bonds. The Labute approximate surface area is 71.9 Å². The van der Waals surface area contributed by atoms with E-state index in [4.69, 9.17) is 0 Å². The molecule has 0 bridgehead atoms. The second-order valence-electron chi connectivity index (χ2n) is 3.88. The molecule has 1 heterocycles. The van der Waals surface area contributed by atoms with E-state index in [0.29, 0.717) is 11.5 Å². The fourth-order valence-electron chi connectivity index (χ4n) is 0.814. The Morgan fingerprint density at radius 2 is 1.92 bits per heavy atom. The van der Waals surface area contributed by atoms with E-state index >= 15 is 0 Å². The van der Waals surface area contributed by atoms with Gasteiger partial charge >= 0.3 is 0 Å². The van der Waals surface area contributed by atoms with E-state index in [9.17, 15) is 4.39 Å². The Morgan fingerprint density at radius 1 is 1.33 bits per heavy atom. The van der Waals surface area contributed by atoms with Crippen molar-refractivity contribution in [3.05, 3.63) is 23.5 Å². The van der Waals surface area contributed by atoms with Crippen LogP contribution in [0.25, 0.3) is 0 Å². The summed E-state index contributed by atoms with van der Waals surface area (Å²) in [6, 6.07) is 0. The Bertz CT molecular complexity index is 289. The molecule has 0 aromatic carbocycles. The average Bonchev–Trinajstić information content (AvgIpc) is 1.92. The summed E-state index contributed by atoms with van der Waals surface area (Å²) in [5, 5.41) is 0. The minimum Gasteiger partial charge on any atom is -0.238 e. The van der Waals surface area contributed by atoms with Gasteiger partial charge in [-0.3, -0.25) is 0 Å². The third-order valence-electron chi connectivity index (χ3n) is 1.59. The molecule has 0 atom stereocenters. The van der Waals surface area contributed by atoms with E-state index in [0.717, 1.165) is 0 Å². The number of halogens is 1. The van der Waals surface area contributed by atoms with Crippen LogP contribution in [-0.2, 0) is 5.41 Å². The number of hydrogen-bond donors (Lipinski definition) is 0. The molecule has 2 nitrogen and oxygen atoms in total. The Balaban J connectivity index is 3.14. The van der Waals surface area contributed by atoms with Gasteiger partial charge in [-0.15, -0.1) is 0 Å². The van der Waals surface area contributed by atoms with Crippen LogP contribution in [0.4, 0.5) is 4.39 Å². The highest BCUT2D eigenvalue weighted by Gasteiger charge is 2.17. The van der Waals surface area contributed by atoms with E-state index < -0.39 is 0 Å². The molecule has 12 heavy (non-hydrogen) atoms. The smallest absolute Gasteiger partial charge is 0.162 e. The zero-order valence-corrected chi connectivity index (χ0v) is 7.85. The first-order valence-electron chi connectivity index (χ1n) is 3.91. The minimum atomic E-state index is -0.344. The first kappa shape index (κ1) is 9.10. The minimum absolute atomic E-state index is 0.113. The highest BCUT2D eigenvalue weighted by molar-refractivity contribution is 5.08. The summed E-state index contributed by atoms with van der Waals surface area (Å²) in [6.45, 7) is 7.64. The molecule has 0 saturated heterocycles. The maximum absolute atomic E-state index is 12.8. The molecule has 0 saturated carbocycles. The van der Waals surface area contributed by atoms with E-state index in [1.165, 1.54) is 6.20 Å². The topological polar surface area (TPSA) is 25.8 Å². The molecule has 3 heteroatoms. The highest BCUT2D eigenvalue weighted by atomic mass is 19.1. The van der Waals surface area contributed by atoms with Crippen LogP contribution in [-0.4, -0.2) is 9.97 Å². The lowest BCUT2D eigenvalue weighted by atomic mass is 9.96. The van der Waals surface area contributed by atoms with Gasteiger partial charge in [0, 0.05) is 5.41 Å². The fraction of sp³-hybridized carbons (Fsp3) is 0.556.